The third-order valence-electron chi connectivity index (χ3n) is 3.24. The molecule has 0 saturated carbocycles. The van der Waals surface area contributed by atoms with Gasteiger partial charge >= 0.3 is 0 Å². The van der Waals surface area contributed by atoms with E-state index in [0.29, 0.717) is 11.2 Å². The van der Waals surface area contributed by atoms with Crippen LogP contribution in [-0.2, 0) is 0 Å². The molecule has 1 fully saturated rings. The average Bonchev–Trinajstić information content (AvgIpc) is 2.37. The van der Waals surface area contributed by atoms with Crippen molar-refractivity contribution >= 4 is 29.2 Å². The predicted octanol–water partition coefficient (Wildman–Crippen LogP) is 3.62. The van der Waals surface area contributed by atoms with Crippen LogP contribution < -0.4 is 4.90 Å². The van der Waals surface area contributed by atoms with Gasteiger partial charge in [0.2, 0.25) is 0 Å². The molecule has 17 heavy (non-hydrogen) atoms. The van der Waals surface area contributed by atoms with Crippen LogP contribution in [0.3, 0.4) is 0 Å². The second-order valence-electron chi connectivity index (χ2n) is 4.29. The summed E-state index contributed by atoms with van der Waals surface area (Å²) < 4.78 is 0. The summed E-state index contributed by atoms with van der Waals surface area (Å²) in [4.78, 5) is 11.1. The lowest BCUT2D eigenvalue weighted by Crippen LogP contribution is -2.39. The Labute approximate surface area is 112 Å². The van der Waals surface area contributed by atoms with Gasteiger partial charge in [-0.2, -0.15) is 0 Å². The van der Waals surface area contributed by atoms with E-state index < -0.39 is 0 Å². The topological polar surface area (TPSA) is 29.0 Å². The van der Waals surface area contributed by atoms with Gasteiger partial charge in [0.15, 0.2) is 5.16 Å². The van der Waals surface area contributed by atoms with Crippen molar-refractivity contribution in [2.24, 2.45) is 0 Å². The molecular formula is C12H18ClN3S. The fourth-order valence-corrected chi connectivity index (χ4v) is 2.95. The number of rotatable bonds is 3. The summed E-state index contributed by atoms with van der Waals surface area (Å²) in [5.74, 6) is 0.987. The minimum absolute atomic E-state index is 0.541. The summed E-state index contributed by atoms with van der Waals surface area (Å²) in [7, 11) is 0. The van der Waals surface area contributed by atoms with Crippen molar-refractivity contribution in [1.29, 1.82) is 0 Å². The van der Waals surface area contributed by atoms with Gasteiger partial charge in [0.25, 0.3) is 0 Å². The summed E-state index contributed by atoms with van der Waals surface area (Å²) in [6.45, 7) is 3.32. The molecule has 1 aromatic heterocycles. The van der Waals surface area contributed by atoms with Gasteiger partial charge in [0.05, 0.1) is 0 Å². The van der Waals surface area contributed by atoms with Crippen molar-refractivity contribution in [1.82, 2.24) is 9.97 Å². The van der Waals surface area contributed by atoms with E-state index in [2.05, 4.69) is 21.8 Å². The van der Waals surface area contributed by atoms with E-state index in [9.17, 15) is 0 Å². The number of hydrogen-bond acceptors (Lipinski definition) is 4. The highest BCUT2D eigenvalue weighted by Crippen LogP contribution is 2.27. The molecule has 2 heterocycles. The summed E-state index contributed by atoms with van der Waals surface area (Å²) in [6.07, 6.45) is 6.96. The zero-order valence-corrected chi connectivity index (χ0v) is 11.9. The lowest BCUT2D eigenvalue weighted by Gasteiger charge is -2.36. The average molecular weight is 272 g/mol. The second kappa shape index (κ2) is 5.91. The second-order valence-corrected chi connectivity index (χ2v) is 5.45. The molecule has 0 amide bonds. The van der Waals surface area contributed by atoms with E-state index in [1.54, 1.807) is 0 Å². The molecule has 0 spiro atoms. The van der Waals surface area contributed by atoms with Crippen LogP contribution in [0, 0.1) is 0 Å². The maximum Gasteiger partial charge on any atom is 0.190 e. The molecule has 0 aromatic carbocycles. The highest BCUT2D eigenvalue weighted by atomic mass is 35.5. The molecule has 3 nitrogen and oxygen atoms in total. The van der Waals surface area contributed by atoms with Crippen molar-refractivity contribution in [3.05, 3.63) is 11.2 Å². The molecule has 0 radical (unpaired) electrons. The molecule has 1 aliphatic rings. The zero-order valence-electron chi connectivity index (χ0n) is 10.3. The van der Waals surface area contributed by atoms with Gasteiger partial charge in [-0.15, -0.1) is 0 Å². The number of halogens is 1. The number of aromatic nitrogens is 2. The molecule has 0 N–H and O–H groups in total. The number of nitrogens with zero attached hydrogens (tertiary/aromatic N) is 3. The Bertz CT molecular complexity index is 386. The van der Waals surface area contributed by atoms with Crippen molar-refractivity contribution in [2.45, 2.75) is 43.8 Å². The van der Waals surface area contributed by atoms with Crippen molar-refractivity contribution in [2.75, 3.05) is 17.7 Å². The molecule has 1 aromatic rings. The molecule has 5 heteroatoms. The Kier molecular flexibility index (Phi) is 4.51. The number of piperidine rings is 1. The fourth-order valence-electron chi connectivity index (χ4n) is 2.35. The highest BCUT2D eigenvalue weighted by Gasteiger charge is 2.22. The van der Waals surface area contributed by atoms with E-state index in [1.165, 1.54) is 31.0 Å². The van der Waals surface area contributed by atoms with Crippen LogP contribution in [0.1, 0.15) is 32.6 Å². The van der Waals surface area contributed by atoms with Crippen LogP contribution in [0.4, 0.5) is 5.82 Å². The maximum atomic E-state index is 6.05. The van der Waals surface area contributed by atoms with E-state index in [1.807, 2.05) is 12.3 Å². The lowest BCUT2D eigenvalue weighted by molar-refractivity contribution is 0.445. The van der Waals surface area contributed by atoms with E-state index in [-0.39, 0.29) is 0 Å². The standard InChI is InChI=1S/C12H18ClN3S/c1-3-9-6-4-5-7-16(9)11-8-10(13)14-12(15-11)17-2/h8-9H,3-7H2,1-2H3. The highest BCUT2D eigenvalue weighted by molar-refractivity contribution is 7.98. The van der Waals surface area contributed by atoms with Gasteiger partial charge in [-0.05, 0) is 31.9 Å². The minimum Gasteiger partial charge on any atom is -0.353 e. The molecule has 1 aliphatic heterocycles. The largest absolute Gasteiger partial charge is 0.353 e. The van der Waals surface area contributed by atoms with Crippen LogP contribution in [0.5, 0.6) is 0 Å². The van der Waals surface area contributed by atoms with E-state index >= 15 is 0 Å². The Morgan fingerprint density at radius 3 is 3.00 bits per heavy atom. The van der Waals surface area contributed by atoms with Crippen LogP contribution in [0.15, 0.2) is 11.2 Å². The van der Waals surface area contributed by atoms with Gasteiger partial charge in [0.1, 0.15) is 11.0 Å². The molecular weight excluding hydrogens is 254 g/mol. The normalized spacial score (nSPS) is 20.6. The SMILES string of the molecule is CCC1CCCCN1c1cc(Cl)nc(SC)n1. The molecule has 1 saturated heterocycles. The zero-order chi connectivity index (χ0) is 12.3. The van der Waals surface area contributed by atoms with Crippen molar-refractivity contribution < 1.29 is 0 Å². The number of thioether (sulfide) groups is 1. The fraction of sp³-hybridized carbons (Fsp3) is 0.667. The Hall–Kier alpha value is -0.480. The van der Waals surface area contributed by atoms with Gasteiger partial charge in [0, 0.05) is 18.7 Å². The number of hydrogen-bond donors (Lipinski definition) is 0. The molecule has 1 unspecified atom stereocenters. The first-order valence-electron chi connectivity index (χ1n) is 6.09. The quantitative estimate of drug-likeness (QED) is 0.477. The predicted molar refractivity (Wildman–Crippen MR) is 74.1 cm³/mol. The summed E-state index contributed by atoms with van der Waals surface area (Å²) in [5, 5.41) is 1.30. The van der Waals surface area contributed by atoms with Gasteiger partial charge in [-0.1, -0.05) is 30.3 Å². The van der Waals surface area contributed by atoms with Gasteiger partial charge in [-0.3, -0.25) is 0 Å². The first kappa shape index (κ1) is 13.0. The Morgan fingerprint density at radius 1 is 1.47 bits per heavy atom. The third kappa shape index (κ3) is 3.05. The molecule has 0 aliphatic carbocycles. The maximum absolute atomic E-state index is 6.05. The number of anilines is 1. The van der Waals surface area contributed by atoms with Crippen molar-refractivity contribution in [3.63, 3.8) is 0 Å². The molecule has 94 valence electrons. The Balaban J connectivity index is 2.27. The molecule has 1 atom stereocenters. The van der Waals surface area contributed by atoms with E-state index in [4.69, 9.17) is 11.6 Å². The minimum atomic E-state index is 0.541. The molecule has 0 bridgehead atoms. The monoisotopic (exact) mass is 271 g/mol. The van der Waals surface area contributed by atoms with E-state index in [0.717, 1.165) is 23.9 Å². The smallest absolute Gasteiger partial charge is 0.190 e. The van der Waals surface area contributed by atoms with Crippen LogP contribution in [-0.4, -0.2) is 28.8 Å². The van der Waals surface area contributed by atoms with Crippen molar-refractivity contribution in [3.8, 4) is 0 Å². The van der Waals surface area contributed by atoms with Crippen LogP contribution >= 0.6 is 23.4 Å². The van der Waals surface area contributed by atoms with Gasteiger partial charge in [-0.25, -0.2) is 9.97 Å². The van der Waals surface area contributed by atoms with Gasteiger partial charge < -0.3 is 4.90 Å². The summed E-state index contributed by atoms with van der Waals surface area (Å²) in [5.41, 5.74) is 0. The first-order chi connectivity index (χ1) is 8.24. The third-order valence-corrected chi connectivity index (χ3v) is 3.98. The summed E-state index contributed by atoms with van der Waals surface area (Å²) >= 11 is 7.58. The molecule has 2 rings (SSSR count). The van der Waals surface area contributed by atoms with Crippen LogP contribution in [0.25, 0.3) is 0 Å². The first-order valence-corrected chi connectivity index (χ1v) is 7.70. The Morgan fingerprint density at radius 2 is 2.29 bits per heavy atom. The summed E-state index contributed by atoms with van der Waals surface area (Å²) in [6, 6.07) is 2.49. The van der Waals surface area contributed by atoms with Crippen LogP contribution in [0.2, 0.25) is 5.15 Å². The lowest BCUT2D eigenvalue weighted by atomic mass is 10.0.